The zero-order valence-electron chi connectivity index (χ0n) is 18.5. The molecule has 10 nitrogen and oxygen atoms in total. The molecular weight excluding hydrogens is 474 g/mol. The number of amides is 1. The number of hydrogen-bond acceptors (Lipinski definition) is 8. The standard InChI is InChI=1S/C24H22ClN5O5/c25-19-14-18(30(33)34)6-7-20(19)28-23(31)22(16-4-2-1-3-5-16)35-24(32)17-8-12-29(13-9-17)21-15-26-10-11-27-21/h1-7,10-11,14-15,17,22H,8-9,12-13H2,(H,28,31). The maximum atomic E-state index is 13.1. The Labute approximate surface area is 206 Å². The summed E-state index contributed by atoms with van der Waals surface area (Å²) in [5, 5.41) is 13.6. The van der Waals surface area contributed by atoms with E-state index < -0.39 is 22.9 Å². The van der Waals surface area contributed by atoms with Crippen molar-refractivity contribution >= 4 is 40.7 Å². The molecule has 1 aliphatic heterocycles. The fourth-order valence-corrected chi connectivity index (χ4v) is 4.05. The van der Waals surface area contributed by atoms with Gasteiger partial charge in [0.25, 0.3) is 11.6 Å². The zero-order chi connectivity index (χ0) is 24.8. The van der Waals surface area contributed by atoms with Crippen molar-refractivity contribution in [3.8, 4) is 0 Å². The van der Waals surface area contributed by atoms with Gasteiger partial charge in [0, 0.05) is 43.2 Å². The second kappa shape index (κ2) is 10.9. The highest BCUT2D eigenvalue weighted by Crippen LogP contribution is 2.30. The van der Waals surface area contributed by atoms with Crippen LogP contribution >= 0.6 is 11.6 Å². The van der Waals surface area contributed by atoms with E-state index in [9.17, 15) is 19.7 Å². The van der Waals surface area contributed by atoms with Crippen molar-refractivity contribution in [1.82, 2.24) is 9.97 Å². The van der Waals surface area contributed by atoms with Gasteiger partial charge in [0.1, 0.15) is 5.82 Å². The molecule has 11 heteroatoms. The van der Waals surface area contributed by atoms with Gasteiger partial charge in [-0.1, -0.05) is 41.9 Å². The zero-order valence-corrected chi connectivity index (χ0v) is 19.3. The number of benzene rings is 2. The molecule has 1 fully saturated rings. The number of aromatic nitrogens is 2. The number of rotatable bonds is 7. The molecule has 1 aromatic heterocycles. The van der Waals surface area contributed by atoms with E-state index in [1.54, 1.807) is 48.9 Å². The minimum atomic E-state index is -1.21. The first-order valence-electron chi connectivity index (χ1n) is 10.9. The summed E-state index contributed by atoms with van der Waals surface area (Å²) in [7, 11) is 0. The molecule has 35 heavy (non-hydrogen) atoms. The van der Waals surface area contributed by atoms with Crippen molar-refractivity contribution in [2.45, 2.75) is 18.9 Å². The summed E-state index contributed by atoms with van der Waals surface area (Å²) in [6, 6.07) is 12.3. The van der Waals surface area contributed by atoms with Crippen LogP contribution in [0.3, 0.4) is 0 Å². The number of nitrogens with one attached hydrogen (secondary N) is 1. The van der Waals surface area contributed by atoms with Crippen molar-refractivity contribution in [3.63, 3.8) is 0 Å². The molecule has 1 N–H and O–H groups in total. The summed E-state index contributed by atoms with van der Waals surface area (Å²) in [6.07, 6.45) is 4.78. The molecule has 0 radical (unpaired) electrons. The first kappa shape index (κ1) is 24.1. The number of nitrogens with zero attached hydrogens (tertiary/aromatic N) is 4. The average Bonchev–Trinajstić information content (AvgIpc) is 2.89. The summed E-state index contributed by atoms with van der Waals surface area (Å²) < 4.78 is 5.70. The number of carbonyl (C=O) groups excluding carboxylic acids is 2. The molecule has 0 aliphatic carbocycles. The molecule has 1 saturated heterocycles. The quantitative estimate of drug-likeness (QED) is 0.294. The van der Waals surface area contributed by atoms with E-state index in [1.807, 2.05) is 0 Å². The molecule has 0 saturated carbocycles. The highest BCUT2D eigenvalue weighted by molar-refractivity contribution is 6.34. The van der Waals surface area contributed by atoms with Crippen LogP contribution in [0.4, 0.5) is 17.2 Å². The average molecular weight is 496 g/mol. The van der Waals surface area contributed by atoms with Crippen LogP contribution in [-0.4, -0.2) is 39.9 Å². The molecule has 3 aromatic rings. The van der Waals surface area contributed by atoms with Crippen LogP contribution < -0.4 is 10.2 Å². The number of piperidine rings is 1. The Morgan fingerprint density at radius 2 is 1.89 bits per heavy atom. The third kappa shape index (κ3) is 5.90. The number of esters is 1. The second-order valence-electron chi connectivity index (χ2n) is 7.96. The molecule has 1 amide bonds. The number of ether oxygens (including phenoxy) is 1. The summed E-state index contributed by atoms with van der Waals surface area (Å²) >= 11 is 6.12. The molecule has 1 atom stereocenters. The smallest absolute Gasteiger partial charge is 0.310 e. The molecule has 1 unspecified atom stereocenters. The normalized spacial score (nSPS) is 14.7. The topological polar surface area (TPSA) is 128 Å². The van der Waals surface area contributed by atoms with Crippen molar-refractivity contribution in [1.29, 1.82) is 0 Å². The van der Waals surface area contributed by atoms with Gasteiger partial charge in [0.2, 0.25) is 6.10 Å². The van der Waals surface area contributed by atoms with Gasteiger partial charge in [-0.15, -0.1) is 0 Å². The minimum Gasteiger partial charge on any atom is -0.447 e. The van der Waals surface area contributed by atoms with E-state index in [-0.39, 0.29) is 22.3 Å². The van der Waals surface area contributed by atoms with Gasteiger partial charge in [-0.2, -0.15) is 0 Å². The van der Waals surface area contributed by atoms with Crippen molar-refractivity contribution < 1.29 is 19.2 Å². The maximum Gasteiger partial charge on any atom is 0.310 e. The number of nitro benzene ring substituents is 1. The predicted molar refractivity (Wildman–Crippen MR) is 129 cm³/mol. The fraction of sp³-hybridized carbons (Fsp3) is 0.250. The summed E-state index contributed by atoms with van der Waals surface area (Å²) in [5.74, 6) is -0.703. The van der Waals surface area contributed by atoms with Gasteiger partial charge in [0.15, 0.2) is 0 Å². The molecule has 4 rings (SSSR count). The highest BCUT2D eigenvalue weighted by Gasteiger charge is 2.32. The number of anilines is 2. The fourth-order valence-electron chi connectivity index (χ4n) is 3.83. The van der Waals surface area contributed by atoms with Gasteiger partial charge in [-0.05, 0) is 18.9 Å². The van der Waals surface area contributed by atoms with Crippen LogP contribution in [0.25, 0.3) is 0 Å². The number of nitro groups is 1. The summed E-state index contributed by atoms with van der Waals surface area (Å²) in [4.78, 5) is 46.9. The molecule has 0 bridgehead atoms. The third-order valence-corrected chi connectivity index (χ3v) is 6.01. The van der Waals surface area contributed by atoms with Crippen LogP contribution in [0.15, 0.2) is 67.1 Å². The van der Waals surface area contributed by atoms with E-state index in [2.05, 4.69) is 20.2 Å². The Balaban J connectivity index is 1.45. The van der Waals surface area contributed by atoms with Crippen LogP contribution in [-0.2, 0) is 14.3 Å². The van der Waals surface area contributed by atoms with Crippen LogP contribution in [0.5, 0.6) is 0 Å². The Kier molecular flexibility index (Phi) is 7.51. The SMILES string of the molecule is O=C(OC(C(=O)Nc1ccc([N+](=O)[O-])cc1Cl)c1ccccc1)C1CCN(c2cnccn2)CC1. The van der Waals surface area contributed by atoms with Crippen LogP contribution in [0.1, 0.15) is 24.5 Å². The lowest BCUT2D eigenvalue weighted by Crippen LogP contribution is -2.38. The van der Waals surface area contributed by atoms with Crippen LogP contribution in [0, 0.1) is 16.0 Å². The Bertz CT molecular complexity index is 1200. The molecule has 2 aromatic carbocycles. The Morgan fingerprint density at radius 3 is 2.51 bits per heavy atom. The molecule has 0 spiro atoms. The number of halogens is 1. The number of hydrogen-bond donors (Lipinski definition) is 1. The maximum absolute atomic E-state index is 13.1. The lowest BCUT2D eigenvalue weighted by atomic mass is 9.97. The van der Waals surface area contributed by atoms with E-state index in [0.29, 0.717) is 31.5 Å². The van der Waals surface area contributed by atoms with E-state index in [0.717, 1.165) is 11.9 Å². The monoisotopic (exact) mass is 495 g/mol. The predicted octanol–water partition coefficient (Wildman–Crippen LogP) is 4.18. The molecular formula is C24H22ClN5O5. The van der Waals surface area contributed by atoms with E-state index in [1.165, 1.54) is 12.1 Å². The third-order valence-electron chi connectivity index (χ3n) is 5.70. The Morgan fingerprint density at radius 1 is 1.14 bits per heavy atom. The highest BCUT2D eigenvalue weighted by atomic mass is 35.5. The van der Waals surface area contributed by atoms with Crippen LogP contribution in [0.2, 0.25) is 5.02 Å². The summed E-state index contributed by atoms with van der Waals surface area (Å²) in [6.45, 7) is 1.22. The first-order chi connectivity index (χ1) is 16.9. The van der Waals surface area contributed by atoms with Crippen molar-refractivity contribution in [3.05, 3.63) is 87.8 Å². The number of carbonyl (C=O) groups is 2. The summed E-state index contributed by atoms with van der Waals surface area (Å²) in [5.41, 5.74) is 0.469. The van der Waals surface area contributed by atoms with E-state index in [4.69, 9.17) is 16.3 Å². The molecule has 1 aliphatic rings. The van der Waals surface area contributed by atoms with Crippen molar-refractivity contribution in [2.24, 2.45) is 5.92 Å². The van der Waals surface area contributed by atoms with Gasteiger partial charge < -0.3 is 15.0 Å². The van der Waals surface area contributed by atoms with Gasteiger partial charge in [-0.25, -0.2) is 4.98 Å². The van der Waals surface area contributed by atoms with Gasteiger partial charge in [0.05, 0.1) is 27.7 Å². The van der Waals surface area contributed by atoms with E-state index >= 15 is 0 Å². The Hall–Kier alpha value is -4.05. The van der Waals surface area contributed by atoms with Gasteiger partial charge >= 0.3 is 5.97 Å². The molecule has 180 valence electrons. The van der Waals surface area contributed by atoms with Gasteiger partial charge in [-0.3, -0.25) is 24.7 Å². The lowest BCUT2D eigenvalue weighted by Gasteiger charge is -2.32. The molecule has 2 heterocycles. The first-order valence-corrected chi connectivity index (χ1v) is 11.3. The number of non-ortho nitro benzene ring substituents is 1. The lowest BCUT2D eigenvalue weighted by molar-refractivity contribution is -0.384. The van der Waals surface area contributed by atoms with Crippen molar-refractivity contribution in [2.75, 3.05) is 23.3 Å². The minimum absolute atomic E-state index is 0.00192. The second-order valence-corrected chi connectivity index (χ2v) is 8.37. The largest absolute Gasteiger partial charge is 0.447 e.